The van der Waals surface area contributed by atoms with Crippen molar-refractivity contribution in [3.05, 3.63) is 88.7 Å². The lowest BCUT2D eigenvalue weighted by atomic mass is 9.90. The second kappa shape index (κ2) is 6.01. The summed E-state index contributed by atoms with van der Waals surface area (Å²) in [5, 5.41) is 0. The highest BCUT2D eigenvalue weighted by Crippen LogP contribution is 2.46. The molecule has 1 aromatic heterocycles. The first-order chi connectivity index (χ1) is 12.1. The molecule has 0 aliphatic carbocycles. The van der Waals surface area contributed by atoms with Gasteiger partial charge in [-0.25, -0.2) is 0 Å². The topological polar surface area (TPSA) is 42.4 Å². The number of para-hydroxylation sites is 1. The van der Waals surface area contributed by atoms with Crippen molar-refractivity contribution < 1.29 is 9.53 Å². The Labute approximate surface area is 154 Å². The molecule has 1 aliphatic rings. The van der Waals surface area contributed by atoms with E-state index in [1.165, 1.54) is 0 Å². The van der Waals surface area contributed by atoms with E-state index >= 15 is 0 Å². The third-order valence-corrected chi connectivity index (χ3v) is 4.84. The number of amides is 1. The minimum absolute atomic E-state index is 0.164. The normalized spacial score (nSPS) is 19.0. The van der Waals surface area contributed by atoms with Gasteiger partial charge in [-0.15, -0.1) is 0 Å². The molecule has 5 heteroatoms. The molecule has 3 aromatic rings. The van der Waals surface area contributed by atoms with Gasteiger partial charge in [-0.3, -0.25) is 9.78 Å². The summed E-state index contributed by atoms with van der Waals surface area (Å²) in [4.78, 5) is 19.4. The van der Waals surface area contributed by atoms with E-state index in [1.807, 2.05) is 66.7 Å². The third-order valence-electron chi connectivity index (χ3n) is 4.34. The van der Waals surface area contributed by atoms with Crippen molar-refractivity contribution in [2.24, 2.45) is 0 Å². The lowest BCUT2D eigenvalue weighted by molar-refractivity contribution is -0.130. The van der Waals surface area contributed by atoms with Gasteiger partial charge in [0, 0.05) is 23.3 Å². The average Bonchev–Trinajstić information content (AvgIpc) is 2.85. The van der Waals surface area contributed by atoms with Gasteiger partial charge in [-0.05, 0) is 42.5 Å². The molecule has 4 nitrogen and oxygen atoms in total. The maximum absolute atomic E-state index is 13.3. The van der Waals surface area contributed by atoms with Crippen LogP contribution in [0.15, 0.2) is 77.4 Å². The monoisotopic (exact) mass is 394 g/mol. The first kappa shape index (κ1) is 15.8. The Bertz CT molecular complexity index is 931. The number of ether oxygens (including phenoxy) is 1. The highest BCUT2D eigenvalue weighted by Gasteiger charge is 2.55. The zero-order valence-corrected chi connectivity index (χ0v) is 15.1. The standard InChI is InChI=1S/C20H15BrN2O2/c1-23-17-11-10-14(21)13-16(17)20(19(23)24,18-9-5-6-12-22-18)25-15-7-3-2-4-8-15/h2-13H,1H3/t20-/m1/s1. The van der Waals surface area contributed by atoms with Crippen LogP contribution in [0, 0.1) is 0 Å². The molecule has 0 saturated carbocycles. The van der Waals surface area contributed by atoms with Crippen molar-refractivity contribution in [1.82, 2.24) is 4.98 Å². The van der Waals surface area contributed by atoms with Gasteiger partial charge in [0.15, 0.2) is 0 Å². The molecule has 0 N–H and O–H groups in total. The number of halogens is 1. The fourth-order valence-electron chi connectivity index (χ4n) is 3.18. The lowest BCUT2D eigenvalue weighted by Gasteiger charge is -2.29. The third kappa shape index (κ3) is 2.43. The summed E-state index contributed by atoms with van der Waals surface area (Å²) in [5.74, 6) is 0.450. The Morgan fingerprint density at radius 1 is 1.04 bits per heavy atom. The van der Waals surface area contributed by atoms with Crippen molar-refractivity contribution in [3.63, 3.8) is 0 Å². The van der Waals surface area contributed by atoms with E-state index in [0.717, 1.165) is 15.7 Å². The van der Waals surface area contributed by atoms with Gasteiger partial charge in [0.1, 0.15) is 5.75 Å². The van der Waals surface area contributed by atoms with Gasteiger partial charge in [0.2, 0.25) is 0 Å². The quantitative estimate of drug-likeness (QED) is 0.670. The van der Waals surface area contributed by atoms with Crippen molar-refractivity contribution in [2.75, 3.05) is 11.9 Å². The Hall–Kier alpha value is -2.66. The van der Waals surface area contributed by atoms with Crippen molar-refractivity contribution >= 4 is 27.5 Å². The molecule has 2 heterocycles. The average molecular weight is 395 g/mol. The molecule has 1 aliphatic heterocycles. The summed E-state index contributed by atoms with van der Waals surface area (Å²) >= 11 is 3.51. The highest BCUT2D eigenvalue weighted by molar-refractivity contribution is 9.10. The van der Waals surface area contributed by atoms with Gasteiger partial charge in [-0.2, -0.15) is 0 Å². The Kier molecular flexibility index (Phi) is 3.81. The molecule has 0 bridgehead atoms. The van der Waals surface area contributed by atoms with E-state index in [-0.39, 0.29) is 5.91 Å². The number of benzene rings is 2. The largest absolute Gasteiger partial charge is 0.466 e. The van der Waals surface area contributed by atoms with E-state index in [1.54, 1.807) is 18.1 Å². The Morgan fingerprint density at radius 2 is 1.80 bits per heavy atom. The van der Waals surface area contributed by atoms with Crippen LogP contribution in [0.5, 0.6) is 5.75 Å². The lowest BCUT2D eigenvalue weighted by Crippen LogP contribution is -2.45. The number of carbonyl (C=O) groups is 1. The zero-order chi connectivity index (χ0) is 17.4. The molecule has 1 atom stereocenters. The van der Waals surface area contributed by atoms with Crippen LogP contribution in [0.3, 0.4) is 0 Å². The molecule has 0 radical (unpaired) electrons. The van der Waals surface area contributed by atoms with Crippen LogP contribution in [0.1, 0.15) is 11.3 Å². The fourth-order valence-corrected chi connectivity index (χ4v) is 3.54. The molecule has 0 spiro atoms. The van der Waals surface area contributed by atoms with Gasteiger partial charge >= 0.3 is 0 Å². The number of anilines is 1. The second-order valence-corrected chi connectivity index (χ2v) is 6.75. The van der Waals surface area contributed by atoms with Crippen LogP contribution in [0.2, 0.25) is 0 Å². The number of nitrogens with zero attached hydrogens (tertiary/aromatic N) is 2. The smallest absolute Gasteiger partial charge is 0.282 e. The highest BCUT2D eigenvalue weighted by atomic mass is 79.9. The van der Waals surface area contributed by atoms with Crippen LogP contribution in [-0.2, 0) is 10.4 Å². The van der Waals surface area contributed by atoms with Crippen molar-refractivity contribution in [3.8, 4) is 5.75 Å². The number of rotatable bonds is 3. The number of carbonyl (C=O) groups excluding carboxylic acids is 1. The summed E-state index contributed by atoms with van der Waals surface area (Å²) in [6, 6.07) is 20.6. The van der Waals surface area contributed by atoms with E-state index in [0.29, 0.717) is 11.4 Å². The van der Waals surface area contributed by atoms with Crippen LogP contribution in [-0.4, -0.2) is 17.9 Å². The number of pyridine rings is 1. The maximum Gasteiger partial charge on any atom is 0.282 e. The van der Waals surface area contributed by atoms with E-state index < -0.39 is 5.60 Å². The number of aromatic nitrogens is 1. The Morgan fingerprint density at radius 3 is 2.52 bits per heavy atom. The molecular weight excluding hydrogens is 380 g/mol. The van der Waals surface area contributed by atoms with Gasteiger partial charge in [-0.1, -0.05) is 40.2 Å². The SMILES string of the molecule is CN1C(=O)[C@](Oc2ccccc2)(c2ccccn2)c2cc(Br)ccc21. The number of hydrogen-bond donors (Lipinski definition) is 0. The molecule has 4 rings (SSSR count). The number of likely N-dealkylation sites (N-methyl/N-ethyl adjacent to an activating group) is 1. The molecule has 1 amide bonds. The predicted molar refractivity (Wildman–Crippen MR) is 99.6 cm³/mol. The summed E-state index contributed by atoms with van der Waals surface area (Å²) < 4.78 is 7.22. The maximum atomic E-state index is 13.3. The summed E-state index contributed by atoms with van der Waals surface area (Å²) in [7, 11) is 1.76. The van der Waals surface area contributed by atoms with Gasteiger partial charge < -0.3 is 9.64 Å². The number of hydrogen-bond acceptors (Lipinski definition) is 3. The number of fused-ring (bicyclic) bond motifs is 1. The van der Waals surface area contributed by atoms with Crippen LogP contribution >= 0.6 is 15.9 Å². The van der Waals surface area contributed by atoms with Crippen LogP contribution < -0.4 is 9.64 Å². The second-order valence-electron chi connectivity index (χ2n) is 5.84. The van der Waals surface area contributed by atoms with Gasteiger partial charge in [0.25, 0.3) is 11.5 Å². The minimum Gasteiger partial charge on any atom is -0.466 e. The predicted octanol–water partition coefficient (Wildman–Crippen LogP) is 4.14. The molecule has 0 saturated heterocycles. The first-order valence-electron chi connectivity index (χ1n) is 7.86. The molecular formula is C20H15BrN2O2. The zero-order valence-electron chi connectivity index (χ0n) is 13.5. The van der Waals surface area contributed by atoms with E-state index in [9.17, 15) is 4.79 Å². The Balaban J connectivity index is 1.99. The summed E-state index contributed by atoms with van der Waals surface area (Å²) in [5.41, 5.74) is 0.843. The molecule has 25 heavy (non-hydrogen) atoms. The van der Waals surface area contributed by atoms with Crippen LogP contribution in [0.4, 0.5) is 5.69 Å². The minimum atomic E-state index is -1.31. The van der Waals surface area contributed by atoms with E-state index in [2.05, 4.69) is 20.9 Å². The summed E-state index contributed by atoms with van der Waals surface area (Å²) in [6.45, 7) is 0. The molecule has 0 fully saturated rings. The first-order valence-corrected chi connectivity index (χ1v) is 8.66. The van der Waals surface area contributed by atoms with Crippen LogP contribution in [0.25, 0.3) is 0 Å². The van der Waals surface area contributed by atoms with E-state index in [4.69, 9.17) is 4.74 Å². The van der Waals surface area contributed by atoms with Crippen molar-refractivity contribution in [1.29, 1.82) is 0 Å². The molecule has 2 aromatic carbocycles. The van der Waals surface area contributed by atoms with Gasteiger partial charge in [0.05, 0.1) is 11.4 Å². The van der Waals surface area contributed by atoms with Crippen molar-refractivity contribution in [2.45, 2.75) is 5.60 Å². The summed E-state index contributed by atoms with van der Waals surface area (Å²) in [6.07, 6.45) is 1.68. The fraction of sp³-hybridized carbons (Fsp3) is 0.100. The molecule has 124 valence electrons. The molecule has 0 unspecified atom stereocenters.